The second-order valence-electron chi connectivity index (χ2n) is 2.87. The van der Waals surface area contributed by atoms with E-state index in [4.69, 9.17) is 5.11 Å². The van der Waals surface area contributed by atoms with Gasteiger partial charge in [-0.2, -0.15) is 5.10 Å². The molecule has 6 heteroatoms. The Morgan fingerprint density at radius 2 is 2.40 bits per heavy atom. The minimum Gasteiger partial charge on any atom is -0.477 e. The molecule has 0 unspecified atom stereocenters. The quantitative estimate of drug-likeness (QED) is 0.860. The number of carboxylic acid groups (broad SMARTS) is 1. The molecule has 2 aromatic heterocycles. The summed E-state index contributed by atoms with van der Waals surface area (Å²) in [5.74, 6) is -0.191. The molecule has 78 valence electrons. The highest BCUT2D eigenvalue weighted by Gasteiger charge is 2.12. The molecule has 0 fully saturated rings. The van der Waals surface area contributed by atoms with Crippen molar-refractivity contribution in [3.8, 4) is 10.7 Å². The van der Waals surface area contributed by atoms with Gasteiger partial charge in [-0.05, 0) is 19.1 Å². The van der Waals surface area contributed by atoms with Gasteiger partial charge in [0, 0.05) is 6.54 Å². The van der Waals surface area contributed by atoms with E-state index in [0.29, 0.717) is 4.88 Å². The highest BCUT2D eigenvalue weighted by Crippen LogP contribution is 2.26. The van der Waals surface area contributed by atoms with Gasteiger partial charge in [-0.3, -0.25) is 0 Å². The summed E-state index contributed by atoms with van der Waals surface area (Å²) in [6, 6.07) is 3.33. The summed E-state index contributed by atoms with van der Waals surface area (Å²) < 4.78 is 1.73. The molecular weight excluding hydrogens is 214 g/mol. The van der Waals surface area contributed by atoms with Crippen molar-refractivity contribution in [3.63, 3.8) is 0 Å². The average molecular weight is 223 g/mol. The van der Waals surface area contributed by atoms with Gasteiger partial charge >= 0.3 is 5.97 Å². The van der Waals surface area contributed by atoms with Gasteiger partial charge in [0.15, 0.2) is 5.82 Å². The van der Waals surface area contributed by atoms with Crippen LogP contribution < -0.4 is 0 Å². The number of nitrogens with zero attached hydrogens (tertiary/aromatic N) is 3. The first-order valence-electron chi connectivity index (χ1n) is 4.43. The van der Waals surface area contributed by atoms with Crippen LogP contribution in [0.2, 0.25) is 0 Å². The van der Waals surface area contributed by atoms with Crippen molar-refractivity contribution in [2.75, 3.05) is 0 Å². The monoisotopic (exact) mass is 223 g/mol. The van der Waals surface area contributed by atoms with Gasteiger partial charge in [0.05, 0.1) is 4.88 Å². The van der Waals surface area contributed by atoms with Crippen molar-refractivity contribution >= 4 is 17.3 Å². The molecule has 0 saturated carbocycles. The van der Waals surface area contributed by atoms with Crippen molar-refractivity contribution in [2.45, 2.75) is 13.5 Å². The molecule has 0 amide bonds. The minimum atomic E-state index is -0.909. The molecule has 2 aromatic rings. The van der Waals surface area contributed by atoms with Crippen molar-refractivity contribution in [1.29, 1.82) is 0 Å². The number of hydrogen-bond acceptors (Lipinski definition) is 4. The van der Waals surface area contributed by atoms with Gasteiger partial charge in [0.2, 0.25) is 0 Å². The van der Waals surface area contributed by atoms with Crippen molar-refractivity contribution in [3.05, 3.63) is 23.3 Å². The zero-order valence-corrected chi connectivity index (χ0v) is 8.86. The fourth-order valence-electron chi connectivity index (χ4n) is 1.26. The lowest BCUT2D eigenvalue weighted by molar-refractivity contribution is 0.0702. The van der Waals surface area contributed by atoms with E-state index in [-0.39, 0.29) is 0 Å². The summed E-state index contributed by atoms with van der Waals surface area (Å²) >= 11 is 1.21. The van der Waals surface area contributed by atoms with Gasteiger partial charge in [-0.25, -0.2) is 14.5 Å². The summed E-state index contributed by atoms with van der Waals surface area (Å²) in [4.78, 5) is 15.9. The number of thiophene rings is 1. The fraction of sp³-hybridized carbons (Fsp3) is 0.222. The molecule has 2 rings (SSSR count). The van der Waals surface area contributed by atoms with Crippen LogP contribution in [0.1, 0.15) is 16.6 Å². The molecule has 0 aliphatic rings. The largest absolute Gasteiger partial charge is 0.477 e. The van der Waals surface area contributed by atoms with E-state index in [1.165, 1.54) is 17.7 Å². The molecule has 0 saturated heterocycles. The van der Waals surface area contributed by atoms with Gasteiger partial charge in [0.1, 0.15) is 11.2 Å². The third-order valence-corrected chi connectivity index (χ3v) is 3.02. The Hall–Kier alpha value is -1.69. The van der Waals surface area contributed by atoms with E-state index in [2.05, 4.69) is 10.1 Å². The minimum absolute atomic E-state index is 0.315. The molecule has 0 aliphatic heterocycles. The van der Waals surface area contributed by atoms with E-state index in [9.17, 15) is 4.79 Å². The Labute approximate surface area is 90.0 Å². The van der Waals surface area contributed by atoms with E-state index < -0.39 is 5.97 Å². The average Bonchev–Trinajstić information content (AvgIpc) is 2.85. The smallest absolute Gasteiger partial charge is 0.345 e. The van der Waals surface area contributed by atoms with Crippen LogP contribution in [0.25, 0.3) is 10.7 Å². The second kappa shape index (κ2) is 3.82. The lowest BCUT2D eigenvalue weighted by Crippen LogP contribution is -1.98. The zero-order valence-electron chi connectivity index (χ0n) is 8.04. The lowest BCUT2D eigenvalue weighted by Gasteiger charge is -1.98. The number of carbonyl (C=O) groups is 1. The van der Waals surface area contributed by atoms with Crippen LogP contribution in [-0.4, -0.2) is 25.8 Å². The first kappa shape index (κ1) is 9.85. The standard InChI is InChI=1S/C9H9N3O2S/c1-2-12-8(10-5-11-12)6-3-4-7(15-6)9(13)14/h3-5H,2H2,1H3,(H,13,14). The molecule has 0 bridgehead atoms. The molecular formula is C9H9N3O2S. The maximum Gasteiger partial charge on any atom is 0.345 e. The lowest BCUT2D eigenvalue weighted by atomic mass is 10.4. The molecule has 1 N–H and O–H groups in total. The summed E-state index contributed by atoms with van der Waals surface area (Å²) in [6.45, 7) is 2.68. The van der Waals surface area contributed by atoms with Crippen LogP contribution in [0.5, 0.6) is 0 Å². The molecule has 0 spiro atoms. The molecule has 0 atom stereocenters. The molecule has 0 aromatic carbocycles. The predicted molar refractivity (Wildman–Crippen MR) is 56.0 cm³/mol. The predicted octanol–water partition coefficient (Wildman–Crippen LogP) is 1.72. The maximum absolute atomic E-state index is 10.7. The normalized spacial score (nSPS) is 10.5. The number of carboxylic acids is 1. The molecule has 15 heavy (non-hydrogen) atoms. The molecule has 0 radical (unpaired) electrons. The van der Waals surface area contributed by atoms with Crippen LogP contribution in [0, 0.1) is 0 Å². The zero-order chi connectivity index (χ0) is 10.8. The highest BCUT2D eigenvalue weighted by atomic mass is 32.1. The highest BCUT2D eigenvalue weighted by molar-refractivity contribution is 7.17. The third kappa shape index (κ3) is 1.75. The van der Waals surface area contributed by atoms with E-state index in [0.717, 1.165) is 17.2 Å². The summed E-state index contributed by atoms with van der Waals surface area (Å²) in [7, 11) is 0. The maximum atomic E-state index is 10.7. The molecule has 0 aliphatic carbocycles. The van der Waals surface area contributed by atoms with E-state index >= 15 is 0 Å². The van der Waals surface area contributed by atoms with Crippen molar-refractivity contribution in [2.24, 2.45) is 0 Å². The SMILES string of the molecule is CCn1ncnc1-c1ccc(C(=O)O)s1. The molecule has 5 nitrogen and oxygen atoms in total. The van der Waals surface area contributed by atoms with Gasteiger partial charge in [-0.1, -0.05) is 0 Å². The Morgan fingerprint density at radius 3 is 3.00 bits per heavy atom. The first-order chi connectivity index (χ1) is 7.22. The number of aromatic nitrogens is 3. The van der Waals surface area contributed by atoms with E-state index in [1.807, 2.05) is 6.92 Å². The van der Waals surface area contributed by atoms with Crippen LogP contribution >= 0.6 is 11.3 Å². The topological polar surface area (TPSA) is 68.0 Å². The Kier molecular flexibility index (Phi) is 2.51. The van der Waals surface area contributed by atoms with E-state index in [1.54, 1.807) is 16.8 Å². The number of aryl methyl sites for hydroxylation is 1. The summed E-state index contributed by atoms with van der Waals surface area (Å²) in [5, 5.41) is 12.8. The third-order valence-electron chi connectivity index (χ3n) is 1.95. The Bertz CT molecular complexity index is 489. The second-order valence-corrected chi connectivity index (χ2v) is 3.95. The number of aromatic carboxylic acids is 1. The van der Waals surface area contributed by atoms with Gasteiger partial charge in [-0.15, -0.1) is 11.3 Å². The summed E-state index contributed by atoms with van der Waals surface area (Å²) in [5.41, 5.74) is 0. The van der Waals surface area contributed by atoms with Crippen molar-refractivity contribution < 1.29 is 9.90 Å². The van der Waals surface area contributed by atoms with Crippen LogP contribution in [-0.2, 0) is 6.54 Å². The number of hydrogen-bond donors (Lipinski definition) is 1. The Morgan fingerprint density at radius 1 is 1.60 bits per heavy atom. The van der Waals surface area contributed by atoms with Gasteiger partial charge < -0.3 is 5.11 Å². The molecule has 2 heterocycles. The van der Waals surface area contributed by atoms with Crippen LogP contribution in [0.3, 0.4) is 0 Å². The summed E-state index contributed by atoms with van der Waals surface area (Å²) in [6.07, 6.45) is 1.47. The first-order valence-corrected chi connectivity index (χ1v) is 5.25. The van der Waals surface area contributed by atoms with Crippen molar-refractivity contribution in [1.82, 2.24) is 14.8 Å². The van der Waals surface area contributed by atoms with Gasteiger partial charge in [0.25, 0.3) is 0 Å². The van der Waals surface area contributed by atoms with Crippen LogP contribution in [0.4, 0.5) is 0 Å². The number of rotatable bonds is 3. The van der Waals surface area contributed by atoms with Crippen LogP contribution in [0.15, 0.2) is 18.5 Å². The fourth-order valence-corrected chi connectivity index (χ4v) is 2.11. The Balaban J connectivity index is 2.41.